The summed E-state index contributed by atoms with van der Waals surface area (Å²) in [5.74, 6) is 1.57. The molecule has 0 amide bonds. The lowest BCUT2D eigenvalue weighted by molar-refractivity contribution is 0.324. The van der Waals surface area contributed by atoms with Crippen LogP contribution < -0.4 is 10.6 Å². The lowest BCUT2D eigenvalue weighted by Crippen LogP contribution is -2.38. The Kier molecular flexibility index (Phi) is 4.75. The molecule has 1 aromatic rings. The van der Waals surface area contributed by atoms with Crippen molar-refractivity contribution < 1.29 is 0 Å². The third kappa shape index (κ3) is 3.64. The van der Waals surface area contributed by atoms with Crippen LogP contribution in [0.4, 0.5) is 5.69 Å². The Balaban J connectivity index is 2.11. The second-order valence-corrected chi connectivity index (χ2v) is 6.55. The molecule has 1 aliphatic rings. The highest BCUT2D eigenvalue weighted by molar-refractivity contribution is 6.31. The molecule has 0 radical (unpaired) electrons. The zero-order valence-corrected chi connectivity index (χ0v) is 13.0. The van der Waals surface area contributed by atoms with E-state index in [9.17, 15) is 0 Å². The van der Waals surface area contributed by atoms with E-state index >= 15 is 0 Å². The molecule has 1 heterocycles. The molecular formula is C16H25ClN2. The highest BCUT2D eigenvalue weighted by Crippen LogP contribution is 2.30. The lowest BCUT2D eigenvalue weighted by atomic mass is 9.88. The van der Waals surface area contributed by atoms with E-state index in [2.05, 4.69) is 36.9 Å². The molecule has 2 N–H and O–H groups in total. The molecule has 106 valence electrons. The van der Waals surface area contributed by atoms with Gasteiger partial charge in [-0.2, -0.15) is 0 Å². The molecule has 0 aromatic heterocycles. The number of hydrogen-bond donors (Lipinski definition) is 1. The second-order valence-electron chi connectivity index (χ2n) is 6.15. The van der Waals surface area contributed by atoms with E-state index in [1.807, 2.05) is 6.92 Å². The van der Waals surface area contributed by atoms with Gasteiger partial charge < -0.3 is 10.6 Å². The van der Waals surface area contributed by atoms with Crippen molar-refractivity contribution in [2.24, 2.45) is 17.6 Å². The van der Waals surface area contributed by atoms with E-state index in [-0.39, 0.29) is 6.04 Å². The molecule has 1 aromatic carbocycles. The Labute approximate surface area is 121 Å². The van der Waals surface area contributed by atoms with Crippen LogP contribution in [-0.4, -0.2) is 19.1 Å². The third-order valence-corrected chi connectivity index (χ3v) is 4.63. The van der Waals surface area contributed by atoms with Gasteiger partial charge in [0.2, 0.25) is 0 Å². The van der Waals surface area contributed by atoms with E-state index in [1.54, 1.807) is 0 Å². The first-order valence-electron chi connectivity index (χ1n) is 7.26. The maximum absolute atomic E-state index is 6.38. The number of rotatable bonds is 3. The predicted octanol–water partition coefficient (Wildman–Crippen LogP) is 3.71. The van der Waals surface area contributed by atoms with E-state index in [4.69, 9.17) is 17.3 Å². The van der Waals surface area contributed by atoms with Crippen LogP contribution >= 0.6 is 11.6 Å². The fourth-order valence-electron chi connectivity index (χ4n) is 2.74. The number of benzene rings is 1. The normalized spacial score (nSPS) is 25.4. The lowest BCUT2D eigenvalue weighted by Gasteiger charge is -2.37. The number of anilines is 1. The van der Waals surface area contributed by atoms with Gasteiger partial charge >= 0.3 is 0 Å². The summed E-state index contributed by atoms with van der Waals surface area (Å²) in [6.07, 6.45) is 2.10. The van der Waals surface area contributed by atoms with Gasteiger partial charge in [-0.15, -0.1) is 0 Å². The molecule has 1 fully saturated rings. The van der Waals surface area contributed by atoms with Crippen LogP contribution in [-0.2, 0) is 6.42 Å². The van der Waals surface area contributed by atoms with Crippen molar-refractivity contribution in [1.29, 1.82) is 0 Å². The number of hydrogen-bond acceptors (Lipinski definition) is 2. The Bertz CT molecular complexity index is 431. The maximum atomic E-state index is 6.38. The van der Waals surface area contributed by atoms with Crippen molar-refractivity contribution in [3.05, 3.63) is 28.8 Å². The zero-order valence-electron chi connectivity index (χ0n) is 12.2. The van der Waals surface area contributed by atoms with Crippen LogP contribution in [0, 0.1) is 11.8 Å². The van der Waals surface area contributed by atoms with Crippen molar-refractivity contribution >= 4 is 17.3 Å². The molecule has 0 bridgehead atoms. The van der Waals surface area contributed by atoms with Gasteiger partial charge in [0, 0.05) is 29.8 Å². The molecule has 0 aliphatic carbocycles. The first-order valence-corrected chi connectivity index (χ1v) is 7.64. The minimum absolute atomic E-state index is 0.152. The van der Waals surface area contributed by atoms with Crippen LogP contribution in [0.25, 0.3) is 0 Å². The van der Waals surface area contributed by atoms with Crippen molar-refractivity contribution in [1.82, 2.24) is 0 Å². The summed E-state index contributed by atoms with van der Waals surface area (Å²) in [6, 6.07) is 6.57. The number of piperidine rings is 1. The maximum Gasteiger partial charge on any atom is 0.0459 e. The highest BCUT2D eigenvalue weighted by Gasteiger charge is 2.23. The Morgan fingerprint density at radius 3 is 2.68 bits per heavy atom. The summed E-state index contributed by atoms with van der Waals surface area (Å²) >= 11 is 6.38. The smallest absolute Gasteiger partial charge is 0.0459 e. The van der Waals surface area contributed by atoms with Gasteiger partial charge in [0.05, 0.1) is 0 Å². The molecular weight excluding hydrogens is 256 g/mol. The third-order valence-electron chi connectivity index (χ3n) is 4.28. The van der Waals surface area contributed by atoms with Crippen LogP contribution in [0.1, 0.15) is 32.8 Å². The standard InChI is InChI=1S/C16H25ClN2/c1-11-6-7-19(10-12(11)2)15-5-4-14(8-13(3)18)16(17)9-15/h4-5,9,11-13H,6-8,10,18H2,1-3H3. The van der Waals surface area contributed by atoms with Gasteiger partial charge in [0.25, 0.3) is 0 Å². The average Bonchev–Trinajstić information content (AvgIpc) is 2.35. The molecule has 0 saturated carbocycles. The van der Waals surface area contributed by atoms with Gasteiger partial charge in [-0.05, 0) is 49.3 Å². The van der Waals surface area contributed by atoms with E-state index in [0.717, 1.165) is 41.9 Å². The fourth-order valence-corrected chi connectivity index (χ4v) is 2.99. The Morgan fingerprint density at radius 1 is 1.37 bits per heavy atom. The monoisotopic (exact) mass is 280 g/mol. The summed E-state index contributed by atoms with van der Waals surface area (Å²) in [6.45, 7) is 8.96. The van der Waals surface area contributed by atoms with E-state index in [0.29, 0.717) is 0 Å². The number of halogens is 1. The average molecular weight is 281 g/mol. The molecule has 3 heteroatoms. The zero-order chi connectivity index (χ0) is 14.0. The van der Waals surface area contributed by atoms with Gasteiger partial charge in [-0.1, -0.05) is 31.5 Å². The largest absolute Gasteiger partial charge is 0.371 e. The molecule has 0 spiro atoms. The summed E-state index contributed by atoms with van der Waals surface area (Å²) < 4.78 is 0. The van der Waals surface area contributed by atoms with Gasteiger partial charge in [-0.25, -0.2) is 0 Å². The fraction of sp³-hybridized carbons (Fsp3) is 0.625. The van der Waals surface area contributed by atoms with Gasteiger partial charge in [0.15, 0.2) is 0 Å². The second kappa shape index (κ2) is 6.15. The Hall–Kier alpha value is -0.730. The van der Waals surface area contributed by atoms with Crippen LogP contribution in [0.3, 0.4) is 0 Å². The quantitative estimate of drug-likeness (QED) is 0.914. The first kappa shape index (κ1) is 14.7. The van der Waals surface area contributed by atoms with Crippen LogP contribution in [0.2, 0.25) is 5.02 Å². The summed E-state index contributed by atoms with van der Waals surface area (Å²) in [5.41, 5.74) is 8.24. The number of nitrogens with zero attached hydrogens (tertiary/aromatic N) is 1. The molecule has 3 unspecified atom stereocenters. The Morgan fingerprint density at radius 2 is 2.11 bits per heavy atom. The highest BCUT2D eigenvalue weighted by atomic mass is 35.5. The van der Waals surface area contributed by atoms with Gasteiger partial charge in [-0.3, -0.25) is 0 Å². The predicted molar refractivity (Wildman–Crippen MR) is 84.0 cm³/mol. The summed E-state index contributed by atoms with van der Waals surface area (Å²) in [4.78, 5) is 2.45. The summed E-state index contributed by atoms with van der Waals surface area (Å²) in [5, 5.41) is 0.848. The molecule has 1 saturated heterocycles. The molecule has 1 aliphatic heterocycles. The van der Waals surface area contributed by atoms with Crippen molar-refractivity contribution in [2.75, 3.05) is 18.0 Å². The molecule has 19 heavy (non-hydrogen) atoms. The summed E-state index contributed by atoms with van der Waals surface area (Å²) in [7, 11) is 0. The molecule has 2 nitrogen and oxygen atoms in total. The van der Waals surface area contributed by atoms with Gasteiger partial charge in [0.1, 0.15) is 0 Å². The van der Waals surface area contributed by atoms with Crippen molar-refractivity contribution in [3.8, 4) is 0 Å². The van der Waals surface area contributed by atoms with Crippen molar-refractivity contribution in [3.63, 3.8) is 0 Å². The van der Waals surface area contributed by atoms with E-state index in [1.165, 1.54) is 12.1 Å². The topological polar surface area (TPSA) is 29.3 Å². The minimum atomic E-state index is 0.152. The van der Waals surface area contributed by atoms with Crippen molar-refractivity contribution in [2.45, 2.75) is 39.7 Å². The molecule has 2 rings (SSSR count). The minimum Gasteiger partial charge on any atom is -0.371 e. The van der Waals surface area contributed by atoms with E-state index < -0.39 is 0 Å². The van der Waals surface area contributed by atoms with Crippen LogP contribution in [0.15, 0.2) is 18.2 Å². The number of nitrogens with two attached hydrogens (primary N) is 1. The first-order chi connectivity index (χ1) is 8.97. The van der Waals surface area contributed by atoms with Crippen LogP contribution in [0.5, 0.6) is 0 Å². The SMILES string of the molecule is CC(N)Cc1ccc(N2CCC(C)C(C)C2)cc1Cl. The molecule has 3 atom stereocenters.